The molecule has 0 N–H and O–H groups in total. The molecule has 0 nitrogen and oxygen atoms in total. The Morgan fingerprint density at radius 2 is 0.483 bits per heavy atom. The van der Waals surface area contributed by atoms with Crippen LogP contribution in [0.15, 0.2) is 238 Å². The highest BCUT2D eigenvalue weighted by atomic mass is 14.2. The van der Waals surface area contributed by atoms with Crippen molar-refractivity contribution in [1.82, 2.24) is 0 Å². The summed E-state index contributed by atoms with van der Waals surface area (Å²) < 4.78 is 0. The van der Waals surface area contributed by atoms with Crippen LogP contribution in [0.4, 0.5) is 0 Å². The zero-order valence-electron chi connectivity index (χ0n) is 33.4. The third kappa shape index (κ3) is 6.85. The predicted molar refractivity (Wildman–Crippen MR) is 259 cm³/mol. The van der Waals surface area contributed by atoms with E-state index in [-0.39, 0.29) is 0 Å². The zero-order valence-corrected chi connectivity index (χ0v) is 33.4. The summed E-state index contributed by atoms with van der Waals surface area (Å²) in [5, 5.41) is 7.29. The standard InChI is InChI=1S/C60H42/c1-40(55-22-10-16-49-13-4-7-19-58(49)55)43-25-31-46(32-26-43)52-37-53(47-33-27-44(28-34-47)41(2)56-23-11-17-50-14-5-8-20-59(50)56)39-54(38-52)48-35-29-45(30-36-48)42(3)57-24-12-18-51-15-6-9-21-60(51)57/h4-39H,1-3H2. The van der Waals surface area contributed by atoms with E-state index in [1.807, 2.05) is 0 Å². The van der Waals surface area contributed by atoms with E-state index in [1.165, 1.54) is 32.3 Å². The SMILES string of the molecule is C=C(c1ccc(-c2cc(-c3ccc(C(=C)c4cccc5ccccc45)cc3)cc(-c3ccc(C(=C)c4cccc5ccccc45)cc3)c2)cc1)c1cccc2ccccc12. The van der Waals surface area contributed by atoms with Crippen LogP contribution < -0.4 is 0 Å². The van der Waals surface area contributed by atoms with E-state index in [2.05, 4.69) is 238 Å². The van der Waals surface area contributed by atoms with Gasteiger partial charge in [-0.15, -0.1) is 0 Å². The van der Waals surface area contributed by atoms with Gasteiger partial charge in [-0.1, -0.05) is 220 Å². The van der Waals surface area contributed by atoms with Crippen LogP contribution in [0.2, 0.25) is 0 Å². The maximum absolute atomic E-state index is 4.55. The molecule has 0 saturated heterocycles. The first-order valence-corrected chi connectivity index (χ1v) is 20.5. The smallest absolute Gasteiger partial charge is 0.0105 e. The lowest BCUT2D eigenvalue weighted by molar-refractivity contribution is 1.53. The van der Waals surface area contributed by atoms with Crippen molar-refractivity contribution >= 4 is 49.0 Å². The van der Waals surface area contributed by atoms with Crippen molar-refractivity contribution in [2.24, 2.45) is 0 Å². The second-order valence-corrected chi connectivity index (χ2v) is 15.5. The van der Waals surface area contributed by atoms with Crippen LogP contribution in [-0.2, 0) is 0 Å². The van der Waals surface area contributed by atoms with Crippen molar-refractivity contribution in [2.45, 2.75) is 0 Å². The summed E-state index contributed by atoms with van der Waals surface area (Å²) in [7, 11) is 0. The van der Waals surface area contributed by atoms with Gasteiger partial charge in [0.05, 0.1) is 0 Å². The largest absolute Gasteiger partial charge is 0.0905 e. The molecule has 0 heterocycles. The fraction of sp³-hybridized carbons (Fsp3) is 0. The monoisotopic (exact) mass is 762 g/mol. The fourth-order valence-corrected chi connectivity index (χ4v) is 8.65. The molecule has 0 bridgehead atoms. The van der Waals surface area contributed by atoms with Crippen LogP contribution in [0.5, 0.6) is 0 Å². The molecule has 0 amide bonds. The average Bonchev–Trinajstić information content (AvgIpc) is 3.32. The summed E-state index contributed by atoms with van der Waals surface area (Å²) >= 11 is 0. The number of rotatable bonds is 9. The van der Waals surface area contributed by atoms with Crippen LogP contribution in [0.1, 0.15) is 33.4 Å². The van der Waals surface area contributed by atoms with E-state index in [0.717, 1.165) is 83.5 Å². The Bertz CT molecular complexity index is 2890. The Kier molecular flexibility index (Phi) is 9.45. The lowest BCUT2D eigenvalue weighted by Gasteiger charge is -2.15. The Labute approximate surface area is 352 Å². The minimum atomic E-state index is 1.02. The van der Waals surface area contributed by atoms with E-state index in [0.29, 0.717) is 0 Å². The van der Waals surface area contributed by atoms with Crippen molar-refractivity contribution < 1.29 is 0 Å². The Morgan fingerprint density at radius 1 is 0.233 bits per heavy atom. The quantitative estimate of drug-likeness (QED) is 0.137. The molecule has 0 radical (unpaired) electrons. The molecule has 0 atom stereocenters. The van der Waals surface area contributed by atoms with Gasteiger partial charge in [0.15, 0.2) is 0 Å². The summed E-state index contributed by atoms with van der Waals surface area (Å²) in [5.74, 6) is 0. The third-order valence-corrected chi connectivity index (χ3v) is 12.0. The van der Waals surface area contributed by atoms with Crippen molar-refractivity contribution in [3.8, 4) is 33.4 Å². The van der Waals surface area contributed by atoms with Crippen LogP contribution in [0.25, 0.3) is 82.4 Å². The highest BCUT2D eigenvalue weighted by Crippen LogP contribution is 2.37. The molecule has 60 heavy (non-hydrogen) atoms. The Morgan fingerprint density at radius 3 is 0.767 bits per heavy atom. The maximum atomic E-state index is 4.55. The first-order chi connectivity index (χ1) is 29.5. The lowest BCUT2D eigenvalue weighted by atomic mass is 9.89. The van der Waals surface area contributed by atoms with Crippen LogP contribution in [-0.4, -0.2) is 0 Å². The van der Waals surface area contributed by atoms with Crippen LogP contribution in [0, 0.1) is 0 Å². The predicted octanol–water partition coefficient (Wildman–Crippen LogP) is 16.3. The minimum Gasteiger partial charge on any atom is -0.0905 e. The normalized spacial score (nSPS) is 11.2. The van der Waals surface area contributed by atoms with E-state index >= 15 is 0 Å². The molecule has 0 aliphatic heterocycles. The molecule has 10 aromatic rings. The Hall–Kier alpha value is -7.80. The van der Waals surface area contributed by atoms with Crippen molar-refractivity contribution in [1.29, 1.82) is 0 Å². The van der Waals surface area contributed by atoms with Crippen molar-refractivity contribution in [2.75, 3.05) is 0 Å². The first-order valence-electron chi connectivity index (χ1n) is 20.5. The fourth-order valence-electron chi connectivity index (χ4n) is 8.65. The second-order valence-electron chi connectivity index (χ2n) is 15.5. The number of hydrogen-bond donors (Lipinski definition) is 0. The summed E-state index contributed by atoms with van der Waals surface area (Å²) in [4.78, 5) is 0. The molecule has 10 rings (SSSR count). The third-order valence-electron chi connectivity index (χ3n) is 12.0. The molecule has 282 valence electrons. The zero-order chi connectivity index (χ0) is 40.6. The maximum Gasteiger partial charge on any atom is -0.0105 e. The molecule has 0 heteroatoms. The molecule has 0 aliphatic rings. The molecule has 0 saturated carbocycles. The van der Waals surface area contributed by atoms with Gasteiger partial charge in [0, 0.05) is 0 Å². The lowest BCUT2D eigenvalue weighted by Crippen LogP contribution is -1.91. The summed E-state index contributed by atoms with van der Waals surface area (Å²) in [6.45, 7) is 13.7. The molecular weight excluding hydrogens is 721 g/mol. The molecular formula is C60H42. The van der Waals surface area contributed by atoms with Gasteiger partial charge in [-0.05, 0) is 134 Å². The van der Waals surface area contributed by atoms with E-state index in [4.69, 9.17) is 0 Å². The molecule has 0 spiro atoms. The summed E-state index contributed by atoms with van der Waals surface area (Å²) in [6, 6.07) is 78.3. The highest BCUT2D eigenvalue weighted by Gasteiger charge is 2.13. The van der Waals surface area contributed by atoms with E-state index < -0.39 is 0 Å². The number of benzene rings is 10. The van der Waals surface area contributed by atoms with Gasteiger partial charge in [-0.25, -0.2) is 0 Å². The average molecular weight is 763 g/mol. The van der Waals surface area contributed by atoms with Gasteiger partial charge in [-0.2, -0.15) is 0 Å². The van der Waals surface area contributed by atoms with Crippen LogP contribution in [0.3, 0.4) is 0 Å². The molecule has 0 fully saturated rings. The van der Waals surface area contributed by atoms with Gasteiger partial charge in [-0.3, -0.25) is 0 Å². The first kappa shape index (κ1) is 36.5. The van der Waals surface area contributed by atoms with Crippen molar-refractivity contribution in [3.05, 3.63) is 272 Å². The summed E-state index contributed by atoms with van der Waals surface area (Å²) in [6.07, 6.45) is 0. The van der Waals surface area contributed by atoms with Gasteiger partial charge < -0.3 is 0 Å². The van der Waals surface area contributed by atoms with E-state index in [1.54, 1.807) is 0 Å². The topological polar surface area (TPSA) is 0 Å². The number of fused-ring (bicyclic) bond motifs is 3. The van der Waals surface area contributed by atoms with Crippen molar-refractivity contribution in [3.63, 3.8) is 0 Å². The van der Waals surface area contributed by atoms with Gasteiger partial charge >= 0.3 is 0 Å². The Balaban J connectivity index is 1.01. The molecule has 0 unspecified atom stereocenters. The van der Waals surface area contributed by atoms with Gasteiger partial charge in [0.2, 0.25) is 0 Å². The molecule has 0 aromatic heterocycles. The molecule has 10 aromatic carbocycles. The van der Waals surface area contributed by atoms with E-state index in [9.17, 15) is 0 Å². The molecule has 0 aliphatic carbocycles. The van der Waals surface area contributed by atoms with Gasteiger partial charge in [0.25, 0.3) is 0 Å². The van der Waals surface area contributed by atoms with Gasteiger partial charge in [0.1, 0.15) is 0 Å². The second kappa shape index (κ2) is 15.5. The number of hydrogen-bond acceptors (Lipinski definition) is 0. The van der Waals surface area contributed by atoms with Crippen LogP contribution >= 0.6 is 0 Å². The highest BCUT2D eigenvalue weighted by molar-refractivity contribution is 6.00. The minimum absolute atomic E-state index is 1.02. The summed E-state index contributed by atoms with van der Waals surface area (Å²) in [5.41, 5.74) is 16.7.